The molecule has 0 heterocycles. The van der Waals surface area contributed by atoms with Crippen molar-refractivity contribution in [1.29, 1.82) is 0 Å². The van der Waals surface area contributed by atoms with Gasteiger partial charge in [-0.15, -0.1) is 0 Å². The molecule has 24 heavy (non-hydrogen) atoms. The lowest BCUT2D eigenvalue weighted by molar-refractivity contribution is 0.101. The molecule has 0 saturated carbocycles. The summed E-state index contributed by atoms with van der Waals surface area (Å²) in [5.74, 6) is 0.757. The van der Waals surface area contributed by atoms with Crippen LogP contribution in [0.4, 0.5) is 10.5 Å². The molecule has 5 nitrogen and oxygen atoms in total. The normalized spacial score (nSPS) is 10.1. The molecule has 2 aromatic rings. The fourth-order valence-corrected chi connectivity index (χ4v) is 2.18. The number of carbonyl (C=O) groups excluding carboxylic acids is 2. The Balaban J connectivity index is 1.75. The van der Waals surface area contributed by atoms with Crippen LogP contribution in [0.1, 0.15) is 29.8 Å². The van der Waals surface area contributed by atoms with Crippen molar-refractivity contribution >= 4 is 17.5 Å². The molecule has 0 aliphatic heterocycles. The van der Waals surface area contributed by atoms with Crippen LogP contribution in [0.5, 0.6) is 5.75 Å². The minimum absolute atomic E-state index is 0.0400. The Labute approximate surface area is 142 Å². The summed E-state index contributed by atoms with van der Waals surface area (Å²) in [6.07, 6.45) is 0.956. The highest BCUT2D eigenvalue weighted by molar-refractivity contribution is 5.96. The topological polar surface area (TPSA) is 67.4 Å². The Kier molecular flexibility index (Phi) is 6.37. The molecule has 5 heteroatoms. The van der Waals surface area contributed by atoms with Crippen molar-refractivity contribution in [1.82, 2.24) is 5.32 Å². The van der Waals surface area contributed by atoms with E-state index in [2.05, 4.69) is 17.6 Å². The molecular weight excluding hydrogens is 304 g/mol. The van der Waals surface area contributed by atoms with E-state index in [-0.39, 0.29) is 11.8 Å². The summed E-state index contributed by atoms with van der Waals surface area (Å²) < 4.78 is 5.61. The van der Waals surface area contributed by atoms with Gasteiger partial charge in [0.25, 0.3) is 0 Å². The number of rotatable bonds is 7. The number of carbonyl (C=O) groups is 2. The summed E-state index contributed by atoms with van der Waals surface area (Å²) in [7, 11) is 0. The number of hydrogen-bond acceptors (Lipinski definition) is 3. The number of hydrogen-bond donors (Lipinski definition) is 2. The first-order valence-electron chi connectivity index (χ1n) is 7.96. The molecule has 0 unspecified atom stereocenters. The van der Waals surface area contributed by atoms with Gasteiger partial charge in [-0.1, -0.05) is 31.2 Å². The largest absolute Gasteiger partial charge is 0.492 e. The highest BCUT2D eigenvalue weighted by Crippen LogP contribution is 2.13. The summed E-state index contributed by atoms with van der Waals surface area (Å²) >= 11 is 0. The third kappa shape index (κ3) is 5.43. The maximum Gasteiger partial charge on any atom is 0.319 e. The lowest BCUT2D eigenvalue weighted by Gasteiger charge is -2.10. The summed E-state index contributed by atoms with van der Waals surface area (Å²) in [5.41, 5.74) is 2.35. The van der Waals surface area contributed by atoms with Crippen LogP contribution in [0.25, 0.3) is 0 Å². The second kappa shape index (κ2) is 8.72. The smallest absolute Gasteiger partial charge is 0.319 e. The third-order valence-electron chi connectivity index (χ3n) is 3.49. The first kappa shape index (κ1) is 17.5. The van der Waals surface area contributed by atoms with E-state index in [1.165, 1.54) is 12.5 Å². The first-order chi connectivity index (χ1) is 11.6. The Hall–Kier alpha value is -2.82. The van der Waals surface area contributed by atoms with E-state index in [9.17, 15) is 9.59 Å². The molecule has 126 valence electrons. The second-order valence-corrected chi connectivity index (χ2v) is 5.37. The number of Topliss-reactive ketones (excluding diaryl/α,β-unsaturated/α-hetero) is 1. The van der Waals surface area contributed by atoms with Gasteiger partial charge in [0.05, 0.1) is 6.54 Å². The van der Waals surface area contributed by atoms with Crippen LogP contribution in [-0.2, 0) is 6.42 Å². The monoisotopic (exact) mass is 326 g/mol. The minimum atomic E-state index is -0.332. The molecule has 2 amide bonds. The number of ketones is 1. The van der Waals surface area contributed by atoms with Gasteiger partial charge in [0.1, 0.15) is 12.4 Å². The van der Waals surface area contributed by atoms with Gasteiger partial charge in [-0.3, -0.25) is 4.79 Å². The fourth-order valence-electron chi connectivity index (χ4n) is 2.18. The van der Waals surface area contributed by atoms with Crippen LogP contribution in [-0.4, -0.2) is 25.0 Å². The van der Waals surface area contributed by atoms with E-state index < -0.39 is 0 Å². The van der Waals surface area contributed by atoms with E-state index in [1.807, 2.05) is 24.3 Å². The summed E-state index contributed by atoms with van der Waals surface area (Å²) in [4.78, 5) is 23.2. The van der Waals surface area contributed by atoms with Gasteiger partial charge < -0.3 is 15.4 Å². The van der Waals surface area contributed by atoms with E-state index in [1.54, 1.807) is 24.3 Å². The number of amides is 2. The van der Waals surface area contributed by atoms with Gasteiger partial charge in [-0.05, 0) is 43.2 Å². The minimum Gasteiger partial charge on any atom is -0.492 e. The average molecular weight is 326 g/mol. The van der Waals surface area contributed by atoms with Crippen LogP contribution in [0, 0.1) is 0 Å². The maximum absolute atomic E-state index is 11.8. The number of ether oxygens (including phenoxy) is 1. The molecule has 2 rings (SSSR count). The number of nitrogens with one attached hydrogen (secondary N) is 2. The predicted octanol–water partition coefficient (Wildman–Crippen LogP) is 3.65. The number of aryl methyl sites for hydroxylation is 1. The number of urea groups is 1. The standard InChI is InChI=1S/C19H22N2O3/c1-3-15-6-4-9-18(12-15)24-11-10-20-19(23)21-17-8-5-7-16(13-17)14(2)22/h4-9,12-13H,3,10-11H2,1-2H3,(H2,20,21,23). The van der Waals surface area contributed by atoms with Gasteiger partial charge in [0, 0.05) is 11.3 Å². The van der Waals surface area contributed by atoms with Gasteiger partial charge in [0.2, 0.25) is 0 Å². The van der Waals surface area contributed by atoms with Gasteiger partial charge in [-0.2, -0.15) is 0 Å². The molecule has 0 radical (unpaired) electrons. The SMILES string of the molecule is CCc1cccc(OCCNC(=O)Nc2cccc(C(C)=O)c2)c1. The Morgan fingerprint density at radius 1 is 1.08 bits per heavy atom. The van der Waals surface area contributed by atoms with E-state index in [0.29, 0.717) is 24.4 Å². The summed E-state index contributed by atoms with van der Waals surface area (Å²) in [6.45, 7) is 4.35. The quantitative estimate of drug-likeness (QED) is 0.603. The van der Waals surface area contributed by atoms with Crippen LogP contribution in [0.3, 0.4) is 0 Å². The Morgan fingerprint density at radius 3 is 2.62 bits per heavy atom. The predicted molar refractivity (Wildman–Crippen MR) is 94.8 cm³/mol. The van der Waals surface area contributed by atoms with Gasteiger partial charge in [-0.25, -0.2) is 4.79 Å². The Bertz CT molecular complexity index is 713. The van der Waals surface area contributed by atoms with Crippen LogP contribution in [0.2, 0.25) is 0 Å². The molecule has 0 bridgehead atoms. The zero-order valence-electron chi connectivity index (χ0n) is 14.0. The lowest BCUT2D eigenvalue weighted by Crippen LogP contribution is -2.32. The van der Waals surface area contributed by atoms with E-state index in [4.69, 9.17) is 4.74 Å². The van der Waals surface area contributed by atoms with Crippen molar-refractivity contribution < 1.29 is 14.3 Å². The molecule has 0 aliphatic rings. The fraction of sp³-hybridized carbons (Fsp3) is 0.263. The average Bonchev–Trinajstić information content (AvgIpc) is 2.59. The highest BCUT2D eigenvalue weighted by Gasteiger charge is 2.04. The van der Waals surface area contributed by atoms with Gasteiger partial charge >= 0.3 is 6.03 Å². The number of anilines is 1. The zero-order chi connectivity index (χ0) is 17.4. The Morgan fingerprint density at radius 2 is 1.88 bits per heavy atom. The summed E-state index contributed by atoms with van der Waals surface area (Å²) in [5, 5.41) is 5.41. The first-order valence-corrected chi connectivity index (χ1v) is 7.96. The highest BCUT2D eigenvalue weighted by atomic mass is 16.5. The van der Waals surface area contributed by atoms with Crippen molar-refractivity contribution in [3.05, 3.63) is 59.7 Å². The van der Waals surface area contributed by atoms with E-state index in [0.717, 1.165) is 12.2 Å². The molecule has 0 fully saturated rings. The molecule has 0 aliphatic carbocycles. The van der Waals surface area contributed by atoms with Crippen LogP contribution < -0.4 is 15.4 Å². The van der Waals surface area contributed by atoms with Crippen molar-refractivity contribution in [3.8, 4) is 5.75 Å². The van der Waals surface area contributed by atoms with Gasteiger partial charge in [0.15, 0.2) is 5.78 Å². The molecule has 0 spiro atoms. The third-order valence-corrected chi connectivity index (χ3v) is 3.49. The molecular formula is C19H22N2O3. The molecule has 0 saturated heterocycles. The number of benzene rings is 2. The summed E-state index contributed by atoms with van der Waals surface area (Å²) in [6, 6.07) is 14.4. The van der Waals surface area contributed by atoms with Crippen molar-refractivity contribution in [2.24, 2.45) is 0 Å². The van der Waals surface area contributed by atoms with Crippen molar-refractivity contribution in [2.45, 2.75) is 20.3 Å². The maximum atomic E-state index is 11.8. The molecule has 2 N–H and O–H groups in total. The van der Waals surface area contributed by atoms with E-state index >= 15 is 0 Å². The van der Waals surface area contributed by atoms with Crippen molar-refractivity contribution in [3.63, 3.8) is 0 Å². The molecule has 2 aromatic carbocycles. The molecule has 0 aromatic heterocycles. The molecule has 0 atom stereocenters. The van der Waals surface area contributed by atoms with Crippen LogP contribution in [0.15, 0.2) is 48.5 Å². The van der Waals surface area contributed by atoms with Crippen LogP contribution >= 0.6 is 0 Å². The zero-order valence-corrected chi connectivity index (χ0v) is 14.0. The second-order valence-electron chi connectivity index (χ2n) is 5.37. The van der Waals surface area contributed by atoms with Crippen molar-refractivity contribution in [2.75, 3.05) is 18.5 Å². The lowest BCUT2D eigenvalue weighted by atomic mass is 10.1.